The summed E-state index contributed by atoms with van der Waals surface area (Å²) in [5, 5.41) is 6.55. The summed E-state index contributed by atoms with van der Waals surface area (Å²) < 4.78 is 16.2. The monoisotopic (exact) mass is 394 g/mol. The summed E-state index contributed by atoms with van der Waals surface area (Å²) >= 11 is 0. The number of pyridine rings is 1. The first-order chi connectivity index (χ1) is 14.3. The fraction of sp³-hybridized carbons (Fsp3) is 0.273. The molecular formula is C22H26N4O3. The Morgan fingerprint density at radius 3 is 2.55 bits per heavy atom. The van der Waals surface area contributed by atoms with Crippen molar-refractivity contribution in [3.05, 3.63) is 72.3 Å². The minimum atomic E-state index is 0.520. The largest absolute Gasteiger partial charge is 0.497 e. The number of rotatable bonds is 9. The van der Waals surface area contributed by atoms with Crippen molar-refractivity contribution in [2.75, 3.05) is 20.2 Å². The lowest BCUT2D eigenvalue weighted by Gasteiger charge is -2.11. The van der Waals surface area contributed by atoms with Crippen LogP contribution < -0.4 is 20.1 Å². The predicted octanol–water partition coefficient (Wildman–Crippen LogP) is 3.77. The predicted molar refractivity (Wildman–Crippen MR) is 113 cm³/mol. The van der Waals surface area contributed by atoms with Gasteiger partial charge in [0.1, 0.15) is 17.3 Å². The standard InChI is InChI=1S/C22H26N4O3/c1-3-23-22(24-13-12-19-5-4-14-28-19)26-16-17-6-11-21(25-15-17)29-20-9-7-18(27-2)8-10-20/h4-11,14-15H,3,12-13,16H2,1-2H3,(H2,23,24,26). The fourth-order valence-electron chi connectivity index (χ4n) is 2.60. The summed E-state index contributed by atoms with van der Waals surface area (Å²) in [7, 11) is 1.63. The van der Waals surface area contributed by atoms with Gasteiger partial charge in [-0.05, 0) is 48.9 Å². The molecule has 0 unspecified atom stereocenters. The Kier molecular flexibility index (Phi) is 7.51. The molecule has 0 spiro atoms. The van der Waals surface area contributed by atoms with Gasteiger partial charge in [0, 0.05) is 31.8 Å². The molecule has 0 bridgehead atoms. The molecule has 0 aliphatic rings. The first kappa shape index (κ1) is 20.3. The number of furan rings is 1. The molecule has 152 valence electrons. The maximum Gasteiger partial charge on any atom is 0.219 e. The highest BCUT2D eigenvalue weighted by Gasteiger charge is 2.02. The van der Waals surface area contributed by atoms with Gasteiger partial charge >= 0.3 is 0 Å². The normalized spacial score (nSPS) is 11.2. The van der Waals surface area contributed by atoms with Crippen molar-refractivity contribution in [2.24, 2.45) is 4.99 Å². The van der Waals surface area contributed by atoms with Gasteiger partial charge in [-0.2, -0.15) is 0 Å². The van der Waals surface area contributed by atoms with Gasteiger partial charge in [-0.3, -0.25) is 0 Å². The number of hydrogen-bond donors (Lipinski definition) is 2. The van der Waals surface area contributed by atoms with E-state index in [2.05, 4.69) is 20.6 Å². The molecule has 1 aromatic carbocycles. The van der Waals surface area contributed by atoms with E-state index in [1.54, 1.807) is 19.6 Å². The molecular weight excluding hydrogens is 368 g/mol. The van der Waals surface area contributed by atoms with Crippen LogP contribution in [0.2, 0.25) is 0 Å². The first-order valence-electron chi connectivity index (χ1n) is 9.58. The van der Waals surface area contributed by atoms with E-state index < -0.39 is 0 Å². The second-order valence-corrected chi connectivity index (χ2v) is 6.23. The molecule has 0 aliphatic carbocycles. The number of methoxy groups -OCH3 is 1. The first-order valence-corrected chi connectivity index (χ1v) is 9.58. The van der Waals surface area contributed by atoms with Gasteiger partial charge in [-0.1, -0.05) is 6.07 Å². The zero-order chi connectivity index (χ0) is 20.3. The summed E-state index contributed by atoms with van der Waals surface area (Å²) in [6.07, 6.45) is 4.26. The minimum absolute atomic E-state index is 0.520. The lowest BCUT2D eigenvalue weighted by Crippen LogP contribution is -2.38. The van der Waals surface area contributed by atoms with Crippen LogP contribution in [0.1, 0.15) is 18.2 Å². The third kappa shape index (κ3) is 6.57. The van der Waals surface area contributed by atoms with Crippen molar-refractivity contribution in [1.29, 1.82) is 0 Å². The second-order valence-electron chi connectivity index (χ2n) is 6.23. The van der Waals surface area contributed by atoms with Crippen LogP contribution in [-0.2, 0) is 13.0 Å². The minimum Gasteiger partial charge on any atom is -0.497 e. The highest BCUT2D eigenvalue weighted by molar-refractivity contribution is 5.79. The van der Waals surface area contributed by atoms with Crippen molar-refractivity contribution in [3.8, 4) is 17.4 Å². The lowest BCUT2D eigenvalue weighted by molar-refractivity contribution is 0.412. The number of aromatic nitrogens is 1. The molecule has 7 nitrogen and oxygen atoms in total. The van der Waals surface area contributed by atoms with E-state index in [1.807, 2.05) is 55.5 Å². The van der Waals surface area contributed by atoms with Gasteiger partial charge in [0.15, 0.2) is 5.96 Å². The van der Waals surface area contributed by atoms with E-state index in [9.17, 15) is 0 Å². The van der Waals surface area contributed by atoms with E-state index in [0.717, 1.165) is 42.5 Å². The van der Waals surface area contributed by atoms with Gasteiger partial charge in [-0.15, -0.1) is 0 Å². The average Bonchev–Trinajstić information content (AvgIpc) is 3.27. The smallest absolute Gasteiger partial charge is 0.219 e. The Morgan fingerprint density at radius 1 is 1.07 bits per heavy atom. The van der Waals surface area contributed by atoms with Crippen LogP contribution in [0, 0.1) is 0 Å². The molecule has 29 heavy (non-hydrogen) atoms. The van der Waals surface area contributed by atoms with Crippen LogP contribution in [0.15, 0.2) is 70.4 Å². The maximum atomic E-state index is 5.75. The highest BCUT2D eigenvalue weighted by Crippen LogP contribution is 2.22. The van der Waals surface area contributed by atoms with Crippen molar-refractivity contribution in [2.45, 2.75) is 19.9 Å². The molecule has 0 atom stereocenters. The van der Waals surface area contributed by atoms with Crippen LogP contribution in [-0.4, -0.2) is 31.1 Å². The molecule has 2 N–H and O–H groups in total. The molecule has 2 aromatic heterocycles. The molecule has 0 amide bonds. The van der Waals surface area contributed by atoms with Crippen molar-refractivity contribution in [1.82, 2.24) is 15.6 Å². The van der Waals surface area contributed by atoms with Gasteiger partial charge in [0.2, 0.25) is 5.88 Å². The summed E-state index contributed by atoms with van der Waals surface area (Å²) in [5.74, 6) is 3.74. The Hall–Kier alpha value is -3.48. The molecule has 0 radical (unpaired) electrons. The third-order valence-corrected chi connectivity index (χ3v) is 4.09. The molecule has 0 aliphatic heterocycles. The number of hydrogen-bond acceptors (Lipinski definition) is 5. The van der Waals surface area contributed by atoms with Crippen molar-refractivity contribution >= 4 is 5.96 Å². The van der Waals surface area contributed by atoms with Crippen LogP contribution in [0.25, 0.3) is 0 Å². The Balaban J connectivity index is 1.52. The van der Waals surface area contributed by atoms with E-state index in [0.29, 0.717) is 18.2 Å². The number of benzene rings is 1. The summed E-state index contributed by atoms with van der Waals surface area (Å²) in [5.41, 5.74) is 0.996. The van der Waals surface area contributed by atoms with Crippen molar-refractivity contribution < 1.29 is 13.9 Å². The van der Waals surface area contributed by atoms with Gasteiger partial charge in [-0.25, -0.2) is 9.98 Å². The Labute approximate surface area is 170 Å². The van der Waals surface area contributed by atoms with Crippen LogP contribution in [0.3, 0.4) is 0 Å². The SMILES string of the molecule is CCNC(=NCc1ccc(Oc2ccc(OC)cc2)nc1)NCCc1ccco1. The number of aliphatic imine (C=N–C) groups is 1. The molecule has 3 aromatic rings. The molecule has 3 rings (SSSR count). The summed E-state index contributed by atoms with van der Waals surface area (Å²) in [6.45, 7) is 4.09. The van der Waals surface area contributed by atoms with E-state index in [1.165, 1.54) is 0 Å². The van der Waals surface area contributed by atoms with E-state index in [4.69, 9.17) is 13.9 Å². The topological polar surface area (TPSA) is 80.9 Å². The number of ether oxygens (including phenoxy) is 2. The zero-order valence-corrected chi connectivity index (χ0v) is 16.7. The zero-order valence-electron chi connectivity index (χ0n) is 16.7. The number of guanidine groups is 1. The van der Waals surface area contributed by atoms with Gasteiger partial charge in [0.05, 0.1) is 19.9 Å². The maximum absolute atomic E-state index is 5.75. The Morgan fingerprint density at radius 2 is 1.90 bits per heavy atom. The number of nitrogens with zero attached hydrogens (tertiary/aromatic N) is 2. The second kappa shape index (κ2) is 10.8. The third-order valence-electron chi connectivity index (χ3n) is 4.09. The molecule has 2 heterocycles. The molecule has 7 heteroatoms. The summed E-state index contributed by atoms with van der Waals surface area (Å²) in [4.78, 5) is 8.96. The fourth-order valence-corrected chi connectivity index (χ4v) is 2.60. The Bertz CT molecular complexity index is 875. The van der Waals surface area contributed by atoms with Crippen LogP contribution in [0.4, 0.5) is 0 Å². The van der Waals surface area contributed by atoms with E-state index in [-0.39, 0.29) is 0 Å². The molecule has 0 saturated heterocycles. The van der Waals surface area contributed by atoms with Gasteiger partial charge in [0.25, 0.3) is 0 Å². The number of nitrogens with one attached hydrogen (secondary N) is 2. The van der Waals surface area contributed by atoms with Crippen LogP contribution in [0.5, 0.6) is 17.4 Å². The highest BCUT2D eigenvalue weighted by atomic mass is 16.5. The average molecular weight is 394 g/mol. The lowest BCUT2D eigenvalue weighted by atomic mass is 10.3. The molecule has 0 saturated carbocycles. The van der Waals surface area contributed by atoms with Gasteiger partial charge < -0.3 is 24.5 Å². The van der Waals surface area contributed by atoms with Crippen LogP contribution >= 0.6 is 0 Å². The molecule has 0 fully saturated rings. The van der Waals surface area contributed by atoms with Crippen molar-refractivity contribution in [3.63, 3.8) is 0 Å². The summed E-state index contributed by atoms with van der Waals surface area (Å²) in [6, 6.07) is 15.0. The van der Waals surface area contributed by atoms with E-state index >= 15 is 0 Å². The quantitative estimate of drug-likeness (QED) is 0.425.